The van der Waals surface area contributed by atoms with Crippen LogP contribution in [0, 0.1) is 0 Å². The van der Waals surface area contributed by atoms with E-state index in [1.54, 1.807) is 32.2 Å². The number of carbonyl (C=O) groups is 2. The Balaban J connectivity index is 2.21. The van der Waals surface area contributed by atoms with Gasteiger partial charge >= 0.3 is 0 Å². The minimum Gasteiger partial charge on any atom is -0.490 e. The van der Waals surface area contributed by atoms with Crippen molar-refractivity contribution >= 4 is 35.0 Å². The van der Waals surface area contributed by atoms with Crippen molar-refractivity contribution in [1.82, 2.24) is 10.2 Å². The molecule has 1 atom stereocenters. The van der Waals surface area contributed by atoms with Crippen molar-refractivity contribution in [2.45, 2.75) is 46.2 Å². The Bertz CT molecular complexity index is 916. The van der Waals surface area contributed by atoms with Crippen LogP contribution in [-0.4, -0.2) is 43.0 Å². The maximum Gasteiger partial charge on any atom is 0.242 e. The third-order valence-electron chi connectivity index (χ3n) is 5.04. The Morgan fingerprint density at radius 3 is 2.25 bits per heavy atom. The summed E-state index contributed by atoms with van der Waals surface area (Å²) in [5, 5.41) is 3.50. The summed E-state index contributed by atoms with van der Waals surface area (Å²) in [4.78, 5) is 27.0. The van der Waals surface area contributed by atoms with Crippen molar-refractivity contribution in [2.75, 3.05) is 20.3 Å². The standard InChI is InChI=1S/C24H30Cl2N2O4/c1-5-31-21-12-10-17(14-22(21)32-6-2)11-13-23(29)28(16(3)24(30)27-4)15-18-19(25)8-7-9-20(18)26/h7-10,12,14,16H,5-6,11,13,15H2,1-4H3,(H,27,30)/t16-/m0/s1. The molecule has 0 aliphatic heterocycles. The van der Waals surface area contributed by atoms with Crippen LogP contribution in [-0.2, 0) is 22.6 Å². The average Bonchev–Trinajstić information content (AvgIpc) is 2.78. The van der Waals surface area contributed by atoms with E-state index >= 15 is 0 Å². The molecule has 0 saturated heterocycles. The number of halogens is 2. The highest BCUT2D eigenvalue weighted by Gasteiger charge is 2.26. The number of nitrogens with zero attached hydrogens (tertiary/aromatic N) is 1. The third-order valence-corrected chi connectivity index (χ3v) is 5.75. The van der Waals surface area contributed by atoms with Gasteiger partial charge in [0.2, 0.25) is 11.8 Å². The molecule has 2 aromatic rings. The van der Waals surface area contributed by atoms with E-state index in [0.717, 1.165) is 5.56 Å². The highest BCUT2D eigenvalue weighted by Crippen LogP contribution is 2.30. The van der Waals surface area contributed by atoms with Crippen LogP contribution in [0.3, 0.4) is 0 Å². The average molecular weight is 481 g/mol. The van der Waals surface area contributed by atoms with Crippen LogP contribution < -0.4 is 14.8 Å². The second-order valence-electron chi connectivity index (χ2n) is 7.16. The van der Waals surface area contributed by atoms with Crippen LogP contribution in [0.5, 0.6) is 11.5 Å². The zero-order valence-electron chi connectivity index (χ0n) is 18.9. The van der Waals surface area contributed by atoms with Crippen LogP contribution in [0.15, 0.2) is 36.4 Å². The molecule has 2 aromatic carbocycles. The molecule has 0 aliphatic rings. The van der Waals surface area contributed by atoms with Gasteiger partial charge in [0.15, 0.2) is 11.5 Å². The topological polar surface area (TPSA) is 67.9 Å². The van der Waals surface area contributed by atoms with E-state index < -0.39 is 6.04 Å². The lowest BCUT2D eigenvalue weighted by molar-refractivity contribution is -0.140. The van der Waals surface area contributed by atoms with Crippen LogP contribution in [0.25, 0.3) is 0 Å². The molecular formula is C24H30Cl2N2O4. The van der Waals surface area contributed by atoms with Crippen LogP contribution in [0.1, 0.15) is 38.3 Å². The van der Waals surface area contributed by atoms with Gasteiger partial charge in [0.05, 0.1) is 13.2 Å². The van der Waals surface area contributed by atoms with Crippen molar-refractivity contribution in [3.05, 3.63) is 57.6 Å². The van der Waals surface area contributed by atoms with Gasteiger partial charge in [-0.2, -0.15) is 0 Å². The van der Waals surface area contributed by atoms with Gasteiger partial charge in [0.25, 0.3) is 0 Å². The number of carbonyl (C=O) groups excluding carboxylic acids is 2. The molecule has 0 spiro atoms. The maximum absolute atomic E-state index is 13.2. The summed E-state index contributed by atoms with van der Waals surface area (Å²) in [6.45, 7) is 6.69. The van der Waals surface area contributed by atoms with Crippen molar-refractivity contribution < 1.29 is 19.1 Å². The highest BCUT2D eigenvalue weighted by molar-refractivity contribution is 6.36. The van der Waals surface area contributed by atoms with Gasteiger partial charge in [-0.05, 0) is 57.0 Å². The number of ether oxygens (including phenoxy) is 2. The molecule has 1 N–H and O–H groups in total. The third kappa shape index (κ3) is 6.78. The number of hydrogen-bond donors (Lipinski definition) is 1. The van der Waals surface area contributed by atoms with Crippen molar-refractivity contribution in [3.8, 4) is 11.5 Å². The van der Waals surface area contributed by atoms with E-state index in [0.29, 0.717) is 46.7 Å². The first-order valence-corrected chi connectivity index (χ1v) is 11.4. The molecule has 0 fully saturated rings. The molecule has 174 valence electrons. The summed E-state index contributed by atoms with van der Waals surface area (Å²) in [7, 11) is 1.54. The molecule has 0 aliphatic carbocycles. The summed E-state index contributed by atoms with van der Waals surface area (Å²) >= 11 is 12.6. The molecular weight excluding hydrogens is 451 g/mol. The minimum absolute atomic E-state index is 0.138. The fraction of sp³-hybridized carbons (Fsp3) is 0.417. The number of likely N-dealkylation sites (N-methyl/N-ethyl adjacent to an activating group) is 1. The lowest BCUT2D eigenvalue weighted by atomic mass is 10.1. The van der Waals surface area contributed by atoms with Crippen molar-refractivity contribution in [1.29, 1.82) is 0 Å². The molecule has 0 bridgehead atoms. The predicted molar refractivity (Wildman–Crippen MR) is 128 cm³/mol. The van der Waals surface area contributed by atoms with E-state index in [9.17, 15) is 9.59 Å². The molecule has 0 unspecified atom stereocenters. The summed E-state index contributed by atoms with van der Waals surface area (Å²) in [5.74, 6) is 0.885. The van der Waals surface area contributed by atoms with Crippen molar-refractivity contribution in [3.63, 3.8) is 0 Å². The molecule has 32 heavy (non-hydrogen) atoms. The number of rotatable bonds is 11. The van der Waals surface area contributed by atoms with E-state index in [2.05, 4.69) is 5.32 Å². The Kier molecular flexibility index (Phi) is 10.1. The van der Waals surface area contributed by atoms with Gasteiger partial charge < -0.3 is 19.7 Å². The van der Waals surface area contributed by atoms with Gasteiger partial charge in [-0.15, -0.1) is 0 Å². The van der Waals surface area contributed by atoms with Crippen LogP contribution in [0.2, 0.25) is 10.0 Å². The number of aryl methyl sites for hydroxylation is 1. The molecule has 0 saturated carbocycles. The quantitative estimate of drug-likeness (QED) is 0.497. The summed E-state index contributed by atoms with van der Waals surface area (Å²) < 4.78 is 11.3. The minimum atomic E-state index is -0.681. The lowest BCUT2D eigenvalue weighted by Crippen LogP contribution is -2.46. The second kappa shape index (κ2) is 12.6. The molecule has 8 heteroatoms. The second-order valence-corrected chi connectivity index (χ2v) is 7.97. The predicted octanol–water partition coefficient (Wildman–Crippen LogP) is 4.89. The Morgan fingerprint density at radius 1 is 1.03 bits per heavy atom. The molecule has 0 aromatic heterocycles. The summed E-state index contributed by atoms with van der Waals surface area (Å²) in [5.41, 5.74) is 1.55. The van der Waals surface area contributed by atoms with E-state index in [1.165, 1.54) is 4.90 Å². The fourth-order valence-corrected chi connectivity index (χ4v) is 3.81. The van der Waals surface area contributed by atoms with E-state index in [-0.39, 0.29) is 24.8 Å². The fourth-order valence-electron chi connectivity index (χ4n) is 3.29. The smallest absolute Gasteiger partial charge is 0.242 e. The van der Waals surface area contributed by atoms with E-state index in [1.807, 2.05) is 32.0 Å². The molecule has 2 rings (SSSR count). The SMILES string of the molecule is CCOc1ccc(CCC(=O)N(Cc2c(Cl)cccc2Cl)[C@@H](C)C(=O)NC)cc1OCC. The van der Waals surface area contributed by atoms with Gasteiger partial charge in [-0.3, -0.25) is 9.59 Å². The molecule has 0 radical (unpaired) electrons. The first-order chi connectivity index (χ1) is 15.3. The van der Waals surface area contributed by atoms with Crippen LogP contribution in [0.4, 0.5) is 0 Å². The zero-order valence-corrected chi connectivity index (χ0v) is 20.4. The van der Waals surface area contributed by atoms with Gasteiger partial charge in [-0.1, -0.05) is 35.3 Å². The first-order valence-electron chi connectivity index (χ1n) is 10.6. The maximum atomic E-state index is 13.2. The van der Waals surface area contributed by atoms with E-state index in [4.69, 9.17) is 32.7 Å². The zero-order chi connectivity index (χ0) is 23.7. The Labute approximate surface area is 199 Å². The highest BCUT2D eigenvalue weighted by atomic mass is 35.5. The first kappa shape index (κ1) is 25.8. The summed E-state index contributed by atoms with van der Waals surface area (Å²) in [6.07, 6.45) is 0.696. The number of nitrogens with one attached hydrogen (secondary N) is 1. The Morgan fingerprint density at radius 2 is 1.66 bits per heavy atom. The van der Waals surface area contributed by atoms with Crippen molar-refractivity contribution in [2.24, 2.45) is 0 Å². The molecule has 6 nitrogen and oxygen atoms in total. The normalized spacial score (nSPS) is 11.6. The molecule has 0 heterocycles. The van der Waals surface area contributed by atoms with Gasteiger partial charge in [-0.25, -0.2) is 0 Å². The van der Waals surface area contributed by atoms with Crippen LogP contribution >= 0.6 is 23.2 Å². The molecule has 2 amide bonds. The Hall–Kier alpha value is -2.44. The summed E-state index contributed by atoms with van der Waals surface area (Å²) in [6, 6.07) is 10.1. The van der Waals surface area contributed by atoms with Gasteiger partial charge in [0, 0.05) is 35.6 Å². The lowest BCUT2D eigenvalue weighted by Gasteiger charge is -2.29. The monoisotopic (exact) mass is 480 g/mol. The number of benzene rings is 2. The largest absolute Gasteiger partial charge is 0.490 e. The number of amides is 2. The number of hydrogen-bond acceptors (Lipinski definition) is 4. The van der Waals surface area contributed by atoms with Gasteiger partial charge in [0.1, 0.15) is 6.04 Å².